The third-order valence-corrected chi connectivity index (χ3v) is 5.37. The lowest BCUT2D eigenvalue weighted by Gasteiger charge is -2.33. The van der Waals surface area contributed by atoms with Crippen molar-refractivity contribution in [3.05, 3.63) is 54.1 Å². The summed E-state index contributed by atoms with van der Waals surface area (Å²) in [5.74, 6) is 0.352. The molecule has 178 valence electrons. The molecule has 1 aliphatic rings. The van der Waals surface area contributed by atoms with Gasteiger partial charge >= 0.3 is 0 Å². The lowest BCUT2D eigenvalue weighted by Crippen LogP contribution is -2.48. The summed E-state index contributed by atoms with van der Waals surface area (Å²) >= 11 is 0. The van der Waals surface area contributed by atoms with Crippen LogP contribution in [0.2, 0.25) is 0 Å². The zero-order valence-electron chi connectivity index (χ0n) is 20.1. The summed E-state index contributed by atoms with van der Waals surface area (Å²) in [5, 5.41) is 0. The van der Waals surface area contributed by atoms with Gasteiger partial charge in [0.25, 0.3) is 5.91 Å². The number of anilines is 2. The maximum absolute atomic E-state index is 13.4. The lowest BCUT2D eigenvalue weighted by atomic mass is 10.1. The van der Waals surface area contributed by atoms with Crippen LogP contribution in [-0.4, -0.2) is 74.1 Å². The summed E-state index contributed by atoms with van der Waals surface area (Å²) in [7, 11) is 3.70. The van der Waals surface area contributed by atoms with E-state index < -0.39 is 5.60 Å². The molecule has 1 aliphatic heterocycles. The average Bonchev–Trinajstić information content (AvgIpc) is 2.79. The molecule has 2 amide bonds. The van der Waals surface area contributed by atoms with Crippen molar-refractivity contribution in [1.82, 2.24) is 15.3 Å². The van der Waals surface area contributed by atoms with E-state index in [1.54, 1.807) is 36.3 Å². The maximum Gasteiger partial charge on any atom is 0.274 e. The number of amides is 2. The summed E-state index contributed by atoms with van der Waals surface area (Å²) in [6.45, 7) is 9.48. The van der Waals surface area contributed by atoms with E-state index in [0.717, 1.165) is 37.6 Å². The molecule has 0 aromatic heterocycles. The Hall–Kier alpha value is -2.94. The molecule has 1 heterocycles. The molecule has 0 aliphatic carbocycles. The van der Waals surface area contributed by atoms with Crippen LogP contribution in [-0.2, 0) is 9.63 Å². The van der Waals surface area contributed by atoms with Gasteiger partial charge in [-0.15, -0.1) is 0 Å². The van der Waals surface area contributed by atoms with Gasteiger partial charge in [-0.05, 0) is 76.3 Å². The fourth-order valence-electron chi connectivity index (χ4n) is 3.46. The Morgan fingerprint density at radius 2 is 1.48 bits per heavy atom. The first-order valence-corrected chi connectivity index (χ1v) is 11.1. The maximum atomic E-state index is 13.4. The van der Waals surface area contributed by atoms with E-state index in [0.29, 0.717) is 17.8 Å². The fourth-order valence-corrected chi connectivity index (χ4v) is 3.46. The quantitative estimate of drug-likeness (QED) is 0.649. The Bertz CT molecular complexity index is 930. The average molecular weight is 455 g/mol. The molecule has 33 heavy (non-hydrogen) atoms. The molecule has 0 atom stereocenters. The summed E-state index contributed by atoms with van der Waals surface area (Å²) in [6.07, 6.45) is 0. The highest BCUT2D eigenvalue weighted by Crippen LogP contribution is 2.28. The van der Waals surface area contributed by atoms with Crippen LogP contribution >= 0.6 is 0 Å². The van der Waals surface area contributed by atoms with Gasteiger partial charge in [-0.3, -0.25) is 24.2 Å². The van der Waals surface area contributed by atoms with Crippen molar-refractivity contribution in [1.29, 1.82) is 0 Å². The van der Waals surface area contributed by atoms with Gasteiger partial charge in [0.15, 0.2) is 0 Å². The van der Waals surface area contributed by atoms with Gasteiger partial charge in [-0.25, -0.2) is 5.48 Å². The number of hydrogen-bond acceptors (Lipinski definition) is 6. The molecule has 2 aromatic rings. The minimum atomic E-state index is -0.490. The van der Waals surface area contributed by atoms with E-state index in [1.165, 1.54) is 0 Å². The monoisotopic (exact) mass is 454 g/mol. The molecular weight excluding hydrogens is 420 g/mol. The Morgan fingerprint density at radius 1 is 0.939 bits per heavy atom. The smallest absolute Gasteiger partial charge is 0.274 e. The molecule has 1 N–H and O–H groups in total. The van der Waals surface area contributed by atoms with Crippen LogP contribution in [0.5, 0.6) is 5.75 Å². The second-order valence-electron chi connectivity index (χ2n) is 9.20. The molecule has 0 saturated carbocycles. The van der Waals surface area contributed by atoms with E-state index in [2.05, 4.69) is 22.3 Å². The first kappa shape index (κ1) is 24.7. The number of ether oxygens (including phenoxy) is 1. The Labute approximate surface area is 196 Å². The number of likely N-dealkylation sites (N-methyl/N-ethyl adjacent to an activating group) is 1. The molecular formula is C25H34N4O4. The van der Waals surface area contributed by atoms with Gasteiger partial charge in [0, 0.05) is 43.1 Å². The van der Waals surface area contributed by atoms with Crippen molar-refractivity contribution in [2.24, 2.45) is 0 Å². The lowest BCUT2D eigenvalue weighted by molar-refractivity contribution is -0.119. The van der Waals surface area contributed by atoms with E-state index in [4.69, 9.17) is 9.57 Å². The third kappa shape index (κ3) is 7.02. The third-order valence-electron chi connectivity index (χ3n) is 5.37. The van der Waals surface area contributed by atoms with Crippen molar-refractivity contribution in [2.45, 2.75) is 26.4 Å². The largest absolute Gasteiger partial charge is 0.497 e. The van der Waals surface area contributed by atoms with Crippen LogP contribution in [0.3, 0.4) is 0 Å². The van der Waals surface area contributed by atoms with Gasteiger partial charge in [0.1, 0.15) is 5.75 Å². The summed E-state index contributed by atoms with van der Waals surface area (Å²) in [5.41, 5.74) is 3.85. The van der Waals surface area contributed by atoms with E-state index in [-0.39, 0.29) is 11.8 Å². The van der Waals surface area contributed by atoms with Crippen molar-refractivity contribution in [3.8, 4) is 5.75 Å². The molecule has 0 radical (unpaired) electrons. The SMILES string of the molecule is COc1ccc(N(C(=O)CN2CCN(C)CC2)c2ccc(C(=O)NOC(C)(C)C)cc2)cc1. The highest BCUT2D eigenvalue weighted by atomic mass is 16.7. The minimum Gasteiger partial charge on any atom is -0.497 e. The zero-order chi connectivity index (χ0) is 24.0. The van der Waals surface area contributed by atoms with Crippen LogP contribution < -0.4 is 15.1 Å². The van der Waals surface area contributed by atoms with Crippen LogP contribution in [0.4, 0.5) is 11.4 Å². The van der Waals surface area contributed by atoms with Crippen LogP contribution in [0, 0.1) is 0 Å². The Balaban J connectivity index is 1.80. The van der Waals surface area contributed by atoms with E-state index in [1.807, 2.05) is 45.0 Å². The number of benzene rings is 2. The number of rotatable bonds is 7. The van der Waals surface area contributed by atoms with Crippen LogP contribution in [0.25, 0.3) is 0 Å². The number of piperazine rings is 1. The number of nitrogens with one attached hydrogen (secondary N) is 1. The molecule has 3 rings (SSSR count). The molecule has 1 fully saturated rings. The molecule has 0 bridgehead atoms. The van der Waals surface area contributed by atoms with Crippen LogP contribution in [0.15, 0.2) is 48.5 Å². The molecule has 8 heteroatoms. The zero-order valence-corrected chi connectivity index (χ0v) is 20.1. The molecule has 1 saturated heterocycles. The van der Waals surface area contributed by atoms with E-state index in [9.17, 15) is 9.59 Å². The van der Waals surface area contributed by atoms with Crippen LogP contribution in [0.1, 0.15) is 31.1 Å². The topological polar surface area (TPSA) is 74.4 Å². The predicted octanol–water partition coefficient (Wildman–Crippen LogP) is 3.07. The normalized spacial score (nSPS) is 15.2. The fraction of sp³-hybridized carbons (Fsp3) is 0.440. The van der Waals surface area contributed by atoms with Gasteiger partial charge in [0.05, 0.1) is 19.3 Å². The van der Waals surface area contributed by atoms with Crippen molar-refractivity contribution in [2.75, 3.05) is 51.8 Å². The van der Waals surface area contributed by atoms with E-state index >= 15 is 0 Å². The highest BCUT2D eigenvalue weighted by molar-refractivity contribution is 6.02. The molecule has 0 unspecified atom stereocenters. The number of methoxy groups -OCH3 is 1. The number of hydroxylamine groups is 1. The standard InChI is InChI=1S/C25H34N4O4/c1-25(2,3)33-26-24(31)19-6-8-20(9-7-19)29(21-10-12-22(32-5)13-11-21)23(30)18-28-16-14-27(4)15-17-28/h6-13H,14-18H2,1-5H3,(H,26,31). The molecule has 8 nitrogen and oxygen atoms in total. The Morgan fingerprint density at radius 3 is 2.00 bits per heavy atom. The second-order valence-corrected chi connectivity index (χ2v) is 9.20. The minimum absolute atomic E-state index is 0.0296. The summed E-state index contributed by atoms with van der Waals surface area (Å²) < 4.78 is 5.26. The van der Waals surface area contributed by atoms with Gasteiger partial charge in [-0.2, -0.15) is 0 Å². The number of nitrogens with zero attached hydrogens (tertiary/aromatic N) is 3. The van der Waals surface area contributed by atoms with Crippen molar-refractivity contribution < 1.29 is 19.2 Å². The highest BCUT2D eigenvalue weighted by Gasteiger charge is 2.23. The van der Waals surface area contributed by atoms with Gasteiger partial charge in [-0.1, -0.05) is 0 Å². The summed E-state index contributed by atoms with van der Waals surface area (Å²) in [6, 6.07) is 14.3. The molecule has 2 aromatic carbocycles. The first-order valence-electron chi connectivity index (χ1n) is 11.1. The summed E-state index contributed by atoms with van der Waals surface area (Å²) in [4.78, 5) is 37.3. The van der Waals surface area contributed by atoms with Gasteiger partial charge in [0.2, 0.25) is 5.91 Å². The second kappa shape index (κ2) is 10.8. The number of carbonyl (C=O) groups excluding carboxylic acids is 2. The van der Waals surface area contributed by atoms with Crippen molar-refractivity contribution in [3.63, 3.8) is 0 Å². The first-order chi connectivity index (χ1) is 15.7. The number of carbonyl (C=O) groups is 2. The Kier molecular flexibility index (Phi) is 8.07. The van der Waals surface area contributed by atoms with Crippen molar-refractivity contribution >= 4 is 23.2 Å². The molecule has 0 spiro atoms. The van der Waals surface area contributed by atoms with Gasteiger partial charge < -0.3 is 9.64 Å². The number of hydrogen-bond donors (Lipinski definition) is 1. The predicted molar refractivity (Wildman–Crippen MR) is 129 cm³/mol.